The van der Waals surface area contributed by atoms with Gasteiger partial charge in [-0.25, -0.2) is 0 Å². The van der Waals surface area contributed by atoms with Crippen molar-refractivity contribution in [1.29, 1.82) is 0 Å². The monoisotopic (exact) mass is 493 g/mol. The van der Waals surface area contributed by atoms with Crippen LogP contribution in [0.2, 0.25) is 0 Å². The van der Waals surface area contributed by atoms with Gasteiger partial charge in [0.1, 0.15) is 0 Å². The fourth-order valence-corrected chi connectivity index (χ4v) is 4.38. The Labute approximate surface area is 185 Å². The van der Waals surface area contributed by atoms with Gasteiger partial charge < -0.3 is 15.1 Å². The molecular weight excluding hydrogens is 449 g/mol. The van der Waals surface area contributed by atoms with Crippen molar-refractivity contribution in [3.63, 3.8) is 0 Å². The molecule has 1 unspecified atom stereocenters. The van der Waals surface area contributed by atoms with Crippen LogP contribution in [0.25, 0.3) is 0 Å². The number of nitrogens with zero attached hydrogens (tertiary/aromatic N) is 4. The normalized spacial score (nSPS) is 21.9. The Morgan fingerprint density at radius 3 is 2.52 bits per heavy atom. The SMILES string of the molecule is CCNC(=NCCCCCN1CCCCC1)N(C)CC1CCCN1CC.I. The second-order valence-corrected chi connectivity index (χ2v) is 8.00. The first kappa shape index (κ1) is 25.0. The standard InChI is InChI=1S/C21H43N5.HI/c1-4-22-21(24(3)19-20-13-12-18-26(20)5-2)23-14-8-6-9-15-25-16-10-7-11-17-25;/h20H,4-19H2,1-3H3,(H,22,23);1H. The molecule has 0 bridgehead atoms. The highest BCUT2D eigenvalue weighted by Gasteiger charge is 2.24. The van der Waals surface area contributed by atoms with Crippen LogP contribution in [0.15, 0.2) is 4.99 Å². The molecule has 27 heavy (non-hydrogen) atoms. The topological polar surface area (TPSA) is 34.1 Å². The summed E-state index contributed by atoms with van der Waals surface area (Å²) in [7, 11) is 2.20. The highest BCUT2D eigenvalue weighted by Crippen LogP contribution is 2.17. The van der Waals surface area contributed by atoms with E-state index in [1.165, 1.54) is 84.1 Å². The Hall–Kier alpha value is -0.0800. The lowest BCUT2D eigenvalue weighted by molar-refractivity contribution is 0.224. The number of hydrogen-bond acceptors (Lipinski definition) is 3. The summed E-state index contributed by atoms with van der Waals surface area (Å²) in [6.07, 6.45) is 10.7. The summed E-state index contributed by atoms with van der Waals surface area (Å²) in [4.78, 5) is 12.5. The smallest absolute Gasteiger partial charge is 0.193 e. The average molecular weight is 494 g/mol. The number of aliphatic imine (C=N–C) groups is 1. The third-order valence-corrected chi connectivity index (χ3v) is 5.93. The minimum Gasteiger partial charge on any atom is -0.357 e. The Bertz CT molecular complexity index is 398. The van der Waals surface area contributed by atoms with Crippen LogP contribution in [-0.4, -0.2) is 86.1 Å². The number of halogens is 1. The van der Waals surface area contributed by atoms with Gasteiger partial charge in [0.25, 0.3) is 0 Å². The number of likely N-dealkylation sites (tertiary alicyclic amines) is 2. The number of piperidine rings is 1. The lowest BCUT2D eigenvalue weighted by Gasteiger charge is -2.29. The van der Waals surface area contributed by atoms with Gasteiger partial charge in [-0.2, -0.15) is 0 Å². The van der Waals surface area contributed by atoms with Gasteiger partial charge in [-0.3, -0.25) is 9.89 Å². The van der Waals surface area contributed by atoms with Crippen LogP contribution in [0.1, 0.15) is 65.2 Å². The van der Waals surface area contributed by atoms with Gasteiger partial charge in [0.2, 0.25) is 0 Å². The quantitative estimate of drug-likeness (QED) is 0.218. The van der Waals surface area contributed by atoms with E-state index in [-0.39, 0.29) is 24.0 Å². The fourth-order valence-electron chi connectivity index (χ4n) is 4.38. The van der Waals surface area contributed by atoms with Crippen LogP contribution in [0.5, 0.6) is 0 Å². The molecule has 2 aliphatic rings. The lowest BCUT2D eigenvalue weighted by Crippen LogP contribution is -2.46. The van der Waals surface area contributed by atoms with Crippen LogP contribution >= 0.6 is 24.0 Å². The van der Waals surface area contributed by atoms with E-state index in [1.807, 2.05) is 0 Å². The zero-order valence-corrected chi connectivity index (χ0v) is 20.4. The Morgan fingerprint density at radius 1 is 1.04 bits per heavy atom. The maximum absolute atomic E-state index is 4.89. The molecule has 0 amide bonds. The molecule has 0 radical (unpaired) electrons. The summed E-state index contributed by atoms with van der Waals surface area (Å²) in [5.41, 5.74) is 0. The zero-order chi connectivity index (χ0) is 18.6. The van der Waals surface area contributed by atoms with Crippen LogP contribution in [0.3, 0.4) is 0 Å². The van der Waals surface area contributed by atoms with Crippen molar-refractivity contribution in [2.45, 2.75) is 71.3 Å². The largest absolute Gasteiger partial charge is 0.357 e. The molecule has 0 spiro atoms. The number of hydrogen-bond donors (Lipinski definition) is 1. The number of nitrogens with one attached hydrogen (secondary N) is 1. The minimum absolute atomic E-state index is 0. The van der Waals surface area contributed by atoms with Crippen molar-refractivity contribution in [2.75, 3.05) is 59.4 Å². The van der Waals surface area contributed by atoms with Gasteiger partial charge in [-0.05, 0) is 78.2 Å². The first-order valence-electron chi connectivity index (χ1n) is 11.2. The van der Waals surface area contributed by atoms with Crippen molar-refractivity contribution in [3.05, 3.63) is 0 Å². The van der Waals surface area contributed by atoms with Gasteiger partial charge in [0, 0.05) is 32.7 Å². The van der Waals surface area contributed by atoms with E-state index in [4.69, 9.17) is 4.99 Å². The summed E-state index contributed by atoms with van der Waals surface area (Å²) >= 11 is 0. The van der Waals surface area contributed by atoms with Crippen LogP contribution in [0.4, 0.5) is 0 Å². The van der Waals surface area contributed by atoms with E-state index >= 15 is 0 Å². The molecule has 1 atom stereocenters. The number of rotatable bonds is 10. The lowest BCUT2D eigenvalue weighted by atomic mass is 10.1. The minimum atomic E-state index is 0. The van der Waals surface area contributed by atoms with Crippen molar-refractivity contribution in [3.8, 4) is 0 Å². The molecule has 0 aromatic carbocycles. The predicted molar refractivity (Wildman–Crippen MR) is 128 cm³/mol. The number of likely N-dealkylation sites (N-methyl/N-ethyl adjacent to an activating group) is 2. The molecule has 2 fully saturated rings. The summed E-state index contributed by atoms with van der Waals surface area (Å²) < 4.78 is 0. The third kappa shape index (κ3) is 9.31. The first-order valence-corrected chi connectivity index (χ1v) is 11.2. The van der Waals surface area contributed by atoms with Crippen LogP contribution in [-0.2, 0) is 0 Å². The predicted octanol–water partition coefficient (Wildman–Crippen LogP) is 3.64. The van der Waals surface area contributed by atoms with E-state index in [1.54, 1.807) is 0 Å². The molecule has 0 aromatic rings. The van der Waals surface area contributed by atoms with Crippen molar-refractivity contribution < 1.29 is 0 Å². The summed E-state index contributed by atoms with van der Waals surface area (Å²) in [5, 5.41) is 3.48. The molecule has 2 rings (SSSR count). The number of unbranched alkanes of at least 4 members (excludes halogenated alkanes) is 2. The Balaban J connectivity index is 0.00000364. The van der Waals surface area contributed by atoms with Crippen LogP contribution in [0, 0.1) is 0 Å². The summed E-state index contributed by atoms with van der Waals surface area (Å²) in [6.45, 7) is 13.8. The van der Waals surface area contributed by atoms with E-state index in [2.05, 4.69) is 40.9 Å². The second-order valence-electron chi connectivity index (χ2n) is 8.00. The van der Waals surface area contributed by atoms with E-state index in [0.717, 1.165) is 25.6 Å². The fraction of sp³-hybridized carbons (Fsp3) is 0.952. The van der Waals surface area contributed by atoms with Crippen molar-refractivity contribution in [1.82, 2.24) is 20.0 Å². The second kappa shape index (κ2) is 14.9. The highest BCUT2D eigenvalue weighted by atomic mass is 127. The molecule has 5 nitrogen and oxygen atoms in total. The summed E-state index contributed by atoms with van der Waals surface area (Å²) in [5.74, 6) is 1.09. The summed E-state index contributed by atoms with van der Waals surface area (Å²) in [6, 6.07) is 0.693. The third-order valence-electron chi connectivity index (χ3n) is 5.93. The van der Waals surface area contributed by atoms with E-state index in [9.17, 15) is 0 Å². The molecule has 0 aliphatic carbocycles. The molecule has 6 heteroatoms. The van der Waals surface area contributed by atoms with Gasteiger partial charge in [0.05, 0.1) is 0 Å². The van der Waals surface area contributed by atoms with Crippen LogP contribution < -0.4 is 5.32 Å². The number of guanidine groups is 1. The first-order chi connectivity index (χ1) is 12.7. The molecule has 0 aromatic heterocycles. The molecule has 160 valence electrons. The zero-order valence-electron chi connectivity index (χ0n) is 18.1. The average Bonchev–Trinajstić information content (AvgIpc) is 3.11. The van der Waals surface area contributed by atoms with Gasteiger partial charge in [0.15, 0.2) is 5.96 Å². The molecule has 2 aliphatic heterocycles. The maximum Gasteiger partial charge on any atom is 0.193 e. The van der Waals surface area contributed by atoms with E-state index < -0.39 is 0 Å². The molecule has 2 heterocycles. The van der Waals surface area contributed by atoms with Gasteiger partial charge in [-0.15, -0.1) is 24.0 Å². The molecule has 2 saturated heterocycles. The van der Waals surface area contributed by atoms with Gasteiger partial charge >= 0.3 is 0 Å². The highest BCUT2D eigenvalue weighted by molar-refractivity contribution is 14.0. The van der Waals surface area contributed by atoms with E-state index in [0.29, 0.717) is 6.04 Å². The molecule has 0 saturated carbocycles. The van der Waals surface area contributed by atoms with Gasteiger partial charge in [-0.1, -0.05) is 19.8 Å². The molecular formula is C21H44IN5. The Kier molecular flexibility index (Phi) is 13.7. The Morgan fingerprint density at radius 2 is 1.81 bits per heavy atom. The van der Waals surface area contributed by atoms with Crippen molar-refractivity contribution in [2.24, 2.45) is 4.99 Å². The molecule has 1 N–H and O–H groups in total. The maximum atomic E-state index is 4.89. The van der Waals surface area contributed by atoms with Crippen molar-refractivity contribution >= 4 is 29.9 Å².